The first kappa shape index (κ1) is 14.1. The van der Waals surface area contributed by atoms with E-state index in [0.29, 0.717) is 5.82 Å². The predicted octanol–water partition coefficient (Wildman–Crippen LogP) is 3.28. The molecule has 1 saturated heterocycles. The van der Waals surface area contributed by atoms with Crippen LogP contribution in [0.2, 0.25) is 0 Å². The van der Waals surface area contributed by atoms with E-state index in [1.165, 1.54) is 0 Å². The van der Waals surface area contributed by atoms with Gasteiger partial charge >= 0.3 is 0 Å². The number of nitrogens with zero attached hydrogens (tertiary/aromatic N) is 3. The second-order valence-electron chi connectivity index (χ2n) is 5.67. The third-order valence-electron chi connectivity index (χ3n) is 4.04. The Morgan fingerprint density at radius 1 is 1.13 bits per heavy atom. The zero-order valence-corrected chi connectivity index (χ0v) is 12.8. The molecular weight excluding hydrogens is 288 g/mol. The van der Waals surface area contributed by atoms with E-state index < -0.39 is 0 Å². The van der Waals surface area contributed by atoms with Crippen molar-refractivity contribution in [2.24, 2.45) is 0 Å². The van der Waals surface area contributed by atoms with Gasteiger partial charge in [-0.1, -0.05) is 12.1 Å². The zero-order chi connectivity index (χ0) is 15.5. The molecule has 0 bridgehead atoms. The number of aromatic nitrogens is 3. The third-order valence-corrected chi connectivity index (χ3v) is 4.04. The van der Waals surface area contributed by atoms with E-state index in [1.807, 2.05) is 36.4 Å². The molecule has 5 heteroatoms. The molecule has 1 atom stereocenters. The highest BCUT2D eigenvalue weighted by Gasteiger charge is 2.16. The van der Waals surface area contributed by atoms with Gasteiger partial charge in [-0.15, -0.1) is 0 Å². The minimum atomic E-state index is 0.269. The smallest absolute Gasteiger partial charge is 0.163 e. The van der Waals surface area contributed by atoms with E-state index in [9.17, 15) is 0 Å². The number of hydrogen-bond donors (Lipinski definition) is 1. The lowest BCUT2D eigenvalue weighted by molar-refractivity contribution is 0.120. The molecule has 116 valence electrons. The summed E-state index contributed by atoms with van der Waals surface area (Å²) in [6, 6.07) is 11.9. The van der Waals surface area contributed by atoms with Gasteiger partial charge in [-0.05, 0) is 37.1 Å². The Kier molecular flexibility index (Phi) is 3.86. The van der Waals surface area contributed by atoms with Gasteiger partial charge in [-0.25, -0.2) is 9.97 Å². The van der Waals surface area contributed by atoms with Gasteiger partial charge < -0.3 is 10.1 Å². The van der Waals surface area contributed by atoms with Crippen LogP contribution in [0, 0.1) is 0 Å². The Morgan fingerprint density at radius 2 is 2.09 bits per heavy atom. The minimum Gasteiger partial charge on any atom is -0.376 e. The molecule has 3 aromatic rings. The van der Waals surface area contributed by atoms with Crippen molar-refractivity contribution >= 4 is 16.7 Å². The normalized spacial score (nSPS) is 17.5. The van der Waals surface area contributed by atoms with Crippen molar-refractivity contribution in [3.8, 4) is 11.4 Å². The predicted molar refractivity (Wildman–Crippen MR) is 90.2 cm³/mol. The van der Waals surface area contributed by atoms with Gasteiger partial charge in [-0.3, -0.25) is 4.98 Å². The molecule has 2 aromatic heterocycles. The van der Waals surface area contributed by atoms with Crippen molar-refractivity contribution in [3.05, 3.63) is 48.8 Å². The average molecular weight is 306 g/mol. The molecule has 0 radical (unpaired) electrons. The van der Waals surface area contributed by atoms with Gasteiger partial charge in [0.15, 0.2) is 5.82 Å². The number of nitrogens with one attached hydrogen (secondary N) is 1. The Hall–Kier alpha value is -2.53. The second kappa shape index (κ2) is 6.30. The molecule has 0 saturated carbocycles. The maximum Gasteiger partial charge on any atom is 0.163 e. The van der Waals surface area contributed by atoms with E-state index >= 15 is 0 Å². The van der Waals surface area contributed by atoms with E-state index in [4.69, 9.17) is 9.72 Å². The number of hydrogen-bond acceptors (Lipinski definition) is 5. The second-order valence-corrected chi connectivity index (χ2v) is 5.67. The highest BCUT2D eigenvalue weighted by Crippen LogP contribution is 2.25. The number of benzene rings is 1. The molecular formula is C18H18N4O. The highest BCUT2D eigenvalue weighted by molar-refractivity contribution is 5.90. The van der Waals surface area contributed by atoms with E-state index in [-0.39, 0.29) is 6.10 Å². The fourth-order valence-corrected chi connectivity index (χ4v) is 2.85. The van der Waals surface area contributed by atoms with Crippen molar-refractivity contribution < 1.29 is 4.74 Å². The van der Waals surface area contributed by atoms with Gasteiger partial charge in [0, 0.05) is 36.5 Å². The van der Waals surface area contributed by atoms with Gasteiger partial charge in [0.25, 0.3) is 0 Å². The number of pyridine rings is 1. The first-order valence-electron chi connectivity index (χ1n) is 7.93. The van der Waals surface area contributed by atoms with Gasteiger partial charge in [0.05, 0.1) is 11.6 Å². The summed E-state index contributed by atoms with van der Waals surface area (Å²) >= 11 is 0. The van der Waals surface area contributed by atoms with Crippen molar-refractivity contribution in [1.82, 2.24) is 15.0 Å². The summed E-state index contributed by atoms with van der Waals surface area (Å²) in [6.45, 7) is 1.63. The van der Waals surface area contributed by atoms with Crippen LogP contribution in [-0.2, 0) is 4.74 Å². The lowest BCUT2D eigenvalue weighted by Gasteiger charge is -2.14. The van der Waals surface area contributed by atoms with E-state index in [2.05, 4.69) is 15.3 Å². The molecule has 1 aliphatic heterocycles. The summed E-state index contributed by atoms with van der Waals surface area (Å²) in [5, 5.41) is 4.47. The molecule has 5 nitrogen and oxygen atoms in total. The molecule has 0 spiro atoms. The molecule has 0 unspecified atom stereocenters. The Balaban J connectivity index is 1.71. The fraction of sp³-hybridized carbons (Fsp3) is 0.278. The summed E-state index contributed by atoms with van der Waals surface area (Å²) in [5.41, 5.74) is 1.84. The summed E-state index contributed by atoms with van der Waals surface area (Å²) < 4.78 is 5.69. The van der Waals surface area contributed by atoms with Gasteiger partial charge in [0.2, 0.25) is 0 Å². The molecule has 1 fully saturated rings. The van der Waals surface area contributed by atoms with Crippen molar-refractivity contribution in [1.29, 1.82) is 0 Å². The van der Waals surface area contributed by atoms with Crippen LogP contribution >= 0.6 is 0 Å². The Morgan fingerprint density at radius 3 is 2.91 bits per heavy atom. The van der Waals surface area contributed by atoms with Crippen LogP contribution in [0.4, 0.5) is 5.82 Å². The first-order chi connectivity index (χ1) is 11.4. The van der Waals surface area contributed by atoms with Crippen LogP contribution in [0.1, 0.15) is 12.8 Å². The number of para-hydroxylation sites is 1. The molecule has 23 heavy (non-hydrogen) atoms. The van der Waals surface area contributed by atoms with Gasteiger partial charge in [0.1, 0.15) is 5.82 Å². The first-order valence-corrected chi connectivity index (χ1v) is 7.93. The van der Waals surface area contributed by atoms with Crippen molar-refractivity contribution in [3.63, 3.8) is 0 Å². The van der Waals surface area contributed by atoms with Crippen LogP contribution in [0.15, 0.2) is 48.8 Å². The topological polar surface area (TPSA) is 59.9 Å². The number of fused-ring (bicyclic) bond motifs is 1. The van der Waals surface area contributed by atoms with Crippen LogP contribution in [0.3, 0.4) is 0 Å². The molecule has 3 heterocycles. The van der Waals surface area contributed by atoms with Crippen molar-refractivity contribution in [2.75, 3.05) is 18.5 Å². The van der Waals surface area contributed by atoms with E-state index in [0.717, 1.165) is 48.3 Å². The third kappa shape index (κ3) is 3.00. The van der Waals surface area contributed by atoms with Crippen LogP contribution < -0.4 is 5.32 Å². The summed E-state index contributed by atoms with van der Waals surface area (Å²) in [7, 11) is 0. The summed E-state index contributed by atoms with van der Waals surface area (Å²) in [6.07, 6.45) is 6.05. The maximum absolute atomic E-state index is 5.69. The Labute approximate surface area is 134 Å². The Bertz CT molecular complexity index is 800. The lowest BCUT2D eigenvalue weighted by atomic mass is 10.2. The average Bonchev–Trinajstić information content (AvgIpc) is 3.14. The zero-order valence-electron chi connectivity index (χ0n) is 12.8. The maximum atomic E-state index is 5.69. The monoisotopic (exact) mass is 306 g/mol. The van der Waals surface area contributed by atoms with Crippen molar-refractivity contribution in [2.45, 2.75) is 18.9 Å². The van der Waals surface area contributed by atoms with Crippen LogP contribution in [-0.4, -0.2) is 34.2 Å². The minimum absolute atomic E-state index is 0.269. The van der Waals surface area contributed by atoms with Crippen LogP contribution in [0.5, 0.6) is 0 Å². The summed E-state index contributed by atoms with van der Waals surface area (Å²) in [5.74, 6) is 1.54. The number of anilines is 1. The lowest BCUT2D eigenvalue weighted by Crippen LogP contribution is -2.19. The quantitative estimate of drug-likeness (QED) is 0.801. The number of rotatable bonds is 4. The van der Waals surface area contributed by atoms with Crippen LogP contribution in [0.25, 0.3) is 22.3 Å². The molecule has 1 N–H and O–H groups in total. The molecule has 4 rings (SSSR count). The highest BCUT2D eigenvalue weighted by atomic mass is 16.5. The fourth-order valence-electron chi connectivity index (χ4n) is 2.85. The SMILES string of the molecule is c1cncc(-c2nc(NC[C@H]3CCCO3)c3ccccc3n2)c1. The molecule has 1 aromatic carbocycles. The molecule has 0 amide bonds. The number of ether oxygens (including phenoxy) is 1. The molecule has 1 aliphatic rings. The largest absolute Gasteiger partial charge is 0.376 e. The van der Waals surface area contributed by atoms with E-state index in [1.54, 1.807) is 12.4 Å². The summed E-state index contributed by atoms with van der Waals surface area (Å²) in [4.78, 5) is 13.5. The molecule has 0 aliphatic carbocycles. The standard InChI is InChI=1S/C18H18N4O/c1-2-8-16-15(7-1)18(20-12-14-6-4-10-23-14)22-17(21-16)13-5-3-9-19-11-13/h1-3,5,7-9,11,14H,4,6,10,12H2,(H,20,21,22)/t14-/m1/s1. The van der Waals surface area contributed by atoms with Gasteiger partial charge in [-0.2, -0.15) is 0 Å².